The molecule has 8 nitrogen and oxygen atoms in total. The van der Waals surface area contributed by atoms with Crippen LogP contribution in [-0.2, 0) is 16.6 Å². The third-order valence-electron chi connectivity index (χ3n) is 4.57. The molecule has 0 atom stereocenters. The van der Waals surface area contributed by atoms with Crippen LogP contribution in [0.5, 0.6) is 5.75 Å². The van der Waals surface area contributed by atoms with Gasteiger partial charge in [0.1, 0.15) is 5.75 Å². The van der Waals surface area contributed by atoms with Gasteiger partial charge in [-0.25, -0.2) is 4.79 Å². The Balaban J connectivity index is 1.63. The summed E-state index contributed by atoms with van der Waals surface area (Å²) in [6.45, 7) is 2.32. The van der Waals surface area contributed by atoms with Crippen LogP contribution in [0.2, 0.25) is 5.02 Å². The standard InChI is InChI=1S/C22H22BrClN4O4S/c1-3-4-9-32-21(31)15-11-14(6-7-17(15)24)25-19(30)12-33-22-27-26-20(28(22)2)16-10-13(23)5-8-18(16)29/h5-8,10-11,29H,3-4,9,12H2,1-2H3,(H,25,30). The van der Waals surface area contributed by atoms with Gasteiger partial charge in [-0.05, 0) is 42.8 Å². The van der Waals surface area contributed by atoms with Crippen LogP contribution in [0.1, 0.15) is 30.1 Å². The number of nitrogens with one attached hydrogen (secondary N) is 1. The van der Waals surface area contributed by atoms with Gasteiger partial charge in [-0.2, -0.15) is 0 Å². The van der Waals surface area contributed by atoms with Gasteiger partial charge >= 0.3 is 5.97 Å². The van der Waals surface area contributed by atoms with Gasteiger partial charge in [0, 0.05) is 17.2 Å². The number of esters is 1. The van der Waals surface area contributed by atoms with E-state index in [1.807, 2.05) is 6.92 Å². The molecule has 1 heterocycles. The summed E-state index contributed by atoms with van der Waals surface area (Å²) in [5, 5.41) is 21.9. The van der Waals surface area contributed by atoms with Gasteiger partial charge in [0.15, 0.2) is 11.0 Å². The minimum absolute atomic E-state index is 0.0648. The molecule has 2 N–H and O–H groups in total. The Bertz CT molecular complexity index is 1170. The quantitative estimate of drug-likeness (QED) is 0.211. The third-order valence-corrected chi connectivity index (χ3v) is 6.41. The van der Waals surface area contributed by atoms with E-state index in [4.69, 9.17) is 16.3 Å². The van der Waals surface area contributed by atoms with Crippen molar-refractivity contribution in [3.63, 3.8) is 0 Å². The fourth-order valence-corrected chi connectivity index (χ4v) is 4.10. The van der Waals surface area contributed by atoms with Gasteiger partial charge in [0.05, 0.1) is 28.5 Å². The summed E-state index contributed by atoms with van der Waals surface area (Å²) in [5.41, 5.74) is 1.16. The van der Waals surface area contributed by atoms with Gasteiger partial charge in [0.2, 0.25) is 5.91 Å². The van der Waals surface area contributed by atoms with Crippen molar-refractivity contribution >= 4 is 56.9 Å². The molecule has 0 aliphatic carbocycles. The highest BCUT2D eigenvalue weighted by Gasteiger charge is 2.17. The lowest BCUT2D eigenvalue weighted by molar-refractivity contribution is -0.113. The Labute approximate surface area is 208 Å². The molecular weight excluding hydrogens is 532 g/mol. The molecule has 0 bridgehead atoms. The van der Waals surface area contributed by atoms with Crippen LogP contribution in [0.25, 0.3) is 11.4 Å². The number of ether oxygens (including phenoxy) is 1. The van der Waals surface area contributed by atoms with Crippen molar-refractivity contribution in [2.75, 3.05) is 17.7 Å². The highest BCUT2D eigenvalue weighted by atomic mass is 79.9. The SMILES string of the molecule is CCCCOC(=O)c1cc(NC(=O)CSc2nnc(-c3cc(Br)ccc3O)n2C)ccc1Cl. The minimum atomic E-state index is -0.527. The van der Waals surface area contributed by atoms with Crippen LogP contribution >= 0.6 is 39.3 Å². The number of hydrogen-bond acceptors (Lipinski definition) is 7. The van der Waals surface area contributed by atoms with E-state index in [0.29, 0.717) is 28.8 Å². The van der Waals surface area contributed by atoms with E-state index in [0.717, 1.165) is 17.3 Å². The Morgan fingerprint density at radius 1 is 1.24 bits per heavy atom. The summed E-state index contributed by atoms with van der Waals surface area (Å²) in [5.74, 6) is -0.200. The summed E-state index contributed by atoms with van der Waals surface area (Å²) in [7, 11) is 1.76. The number of unbranched alkanes of at least 4 members (excludes halogenated alkanes) is 1. The largest absolute Gasteiger partial charge is 0.507 e. The number of aromatic hydroxyl groups is 1. The van der Waals surface area contributed by atoms with Crippen molar-refractivity contribution in [2.24, 2.45) is 7.05 Å². The molecular formula is C22H22BrClN4O4S. The van der Waals surface area contributed by atoms with Crippen molar-refractivity contribution in [3.05, 3.63) is 51.5 Å². The zero-order valence-electron chi connectivity index (χ0n) is 18.0. The number of benzene rings is 2. The topological polar surface area (TPSA) is 106 Å². The molecule has 0 saturated carbocycles. The van der Waals surface area contributed by atoms with Crippen molar-refractivity contribution < 1.29 is 19.4 Å². The highest BCUT2D eigenvalue weighted by Crippen LogP contribution is 2.32. The highest BCUT2D eigenvalue weighted by molar-refractivity contribution is 9.10. The predicted molar refractivity (Wildman–Crippen MR) is 132 cm³/mol. The molecule has 0 aliphatic rings. The van der Waals surface area contributed by atoms with Crippen LogP contribution in [0.15, 0.2) is 46.0 Å². The Kier molecular flexibility index (Phi) is 8.76. The number of anilines is 1. The number of aromatic nitrogens is 3. The third kappa shape index (κ3) is 6.49. The van der Waals surface area contributed by atoms with Gasteiger partial charge in [0.25, 0.3) is 0 Å². The lowest BCUT2D eigenvalue weighted by atomic mass is 10.2. The number of carbonyl (C=O) groups is 2. The van der Waals surface area contributed by atoms with Gasteiger partial charge in [-0.1, -0.05) is 52.6 Å². The van der Waals surface area contributed by atoms with Crippen LogP contribution in [0.3, 0.4) is 0 Å². The van der Waals surface area contributed by atoms with E-state index in [1.165, 1.54) is 17.8 Å². The molecule has 2 aromatic carbocycles. The number of halogens is 2. The number of phenolic OH excluding ortho intramolecular Hbond substituents is 1. The summed E-state index contributed by atoms with van der Waals surface area (Å²) >= 11 is 10.7. The Hall–Kier alpha value is -2.56. The first-order valence-electron chi connectivity index (χ1n) is 10.1. The monoisotopic (exact) mass is 552 g/mol. The smallest absolute Gasteiger partial charge is 0.339 e. The average Bonchev–Trinajstić information content (AvgIpc) is 3.15. The first-order valence-corrected chi connectivity index (χ1v) is 12.2. The second kappa shape index (κ2) is 11.5. The molecule has 3 aromatic rings. The summed E-state index contributed by atoms with van der Waals surface area (Å²) < 4.78 is 7.70. The summed E-state index contributed by atoms with van der Waals surface area (Å²) in [6, 6.07) is 9.68. The molecule has 0 fully saturated rings. The second-order valence-electron chi connectivity index (χ2n) is 7.05. The summed E-state index contributed by atoms with van der Waals surface area (Å²) in [6.07, 6.45) is 1.67. The molecule has 33 heavy (non-hydrogen) atoms. The van der Waals surface area contributed by atoms with Crippen LogP contribution < -0.4 is 5.32 Å². The fraction of sp³-hybridized carbons (Fsp3) is 0.273. The van der Waals surface area contributed by atoms with E-state index < -0.39 is 5.97 Å². The maximum atomic E-state index is 12.5. The van der Waals surface area contributed by atoms with Crippen molar-refractivity contribution in [3.8, 4) is 17.1 Å². The van der Waals surface area contributed by atoms with Crippen LogP contribution in [-0.4, -0.2) is 44.1 Å². The number of hydrogen-bond donors (Lipinski definition) is 2. The summed E-state index contributed by atoms with van der Waals surface area (Å²) in [4.78, 5) is 24.7. The van der Waals surface area contributed by atoms with E-state index in [9.17, 15) is 14.7 Å². The Morgan fingerprint density at radius 3 is 2.79 bits per heavy atom. The van der Waals surface area contributed by atoms with Crippen molar-refractivity contribution in [1.29, 1.82) is 0 Å². The molecule has 0 saturated heterocycles. The minimum Gasteiger partial charge on any atom is -0.507 e. The lowest BCUT2D eigenvalue weighted by Gasteiger charge is -2.09. The maximum absolute atomic E-state index is 12.5. The van der Waals surface area contributed by atoms with Gasteiger partial charge < -0.3 is 19.7 Å². The molecule has 174 valence electrons. The molecule has 11 heteroatoms. The number of rotatable bonds is 9. The molecule has 0 unspecified atom stereocenters. The number of carbonyl (C=O) groups excluding carboxylic acids is 2. The number of thioether (sulfide) groups is 1. The lowest BCUT2D eigenvalue weighted by Crippen LogP contribution is -2.15. The number of phenols is 1. The first-order chi connectivity index (χ1) is 15.8. The van der Waals surface area contributed by atoms with Crippen LogP contribution in [0, 0.1) is 0 Å². The van der Waals surface area contributed by atoms with E-state index in [1.54, 1.807) is 41.9 Å². The first kappa shape index (κ1) is 25.1. The molecule has 0 aliphatic heterocycles. The zero-order valence-corrected chi connectivity index (χ0v) is 21.1. The van der Waals surface area contributed by atoms with Crippen molar-refractivity contribution in [2.45, 2.75) is 24.9 Å². The fourth-order valence-electron chi connectivity index (χ4n) is 2.84. The van der Waals surface area contributed by atoms with E-state index in [2.05, 4.69) is 31.4 Å². The second-order valence-corrected chi connectivity index (χ2v) is 9.31. The average molecular weight is 554 g/mol. The normalized spacial score (nSPS) is 10.8. The molecule has 0 spiro atoms. The molecule has 1 amide bonds. The zero-order chi connectivity index (χ0) is 24.0. The van der Waals surface area contributed by atoms with E-state index >= 15 is 0 Å². The van der Waals surface area contributed by atoms with Crippen LogP contribution in [0.4, 0.5) is 5.69 Å². The maximum Gasteiger partial charge on any atom is 0.339 e. The van der Waals surface area contributed by atoms with E-state index in [-0.39, 0.29) is 28.0 Å². The molecule has 3 rings (SSSR count). The number of amides is 1. The number of nitrogens with zero attached hydrogens (tertiary/aromatic N) is 3. The van der Waals surface area contributed by atoms with Gasteiger partial charge in [-0.15, -0.1) is 10.2 Å². The Morgan fingerprint density at radius 2 is 2.03 bits per heavy atom. The molecule has 1 aromatic heterocycles. The molecule has 0 radical (unpaired) electrons. The van der Waals surface area contributed by atoms with Gasteiger partial charge in [-0.3, -0.25) is 4.79 Å². The predicted octanol–water partition coefficient (Wildman–Crippen LogP) is 5.29. The van der Waals surface area contributed by atoms with Crippen molar-refractivity contribution in [1.82, 2.24) is 14.8 Å².